The predicted molar refractivity (Wildman–Crippen MR) is 129 cm³/mol. The van der Waals surface area contributed by atoms with Crippen LogP contribution in [0, 0.1) is 0 Å². The summed E-state index contributed by atoms with van der Waals surface area (Å²) in [4.78, 5) is 17.1. The fraction of sp³-hybridized carbons (Fsp3) is 0.0909. The van der Waals surface area contributed by atoms with Gasteiger partial charge in [-0.25, -0.2) is 13.4 Å². The number of halogens is 1. The first-order valence-corrected chi connectivity index (χ1v) is 12.3. The van der Waals surface area contributed by atoms with Crippen LogP contribution in [0.25, 0.3) is 11.3 Å². The maximum Gasteiger partial charge on any atom is 0.257 e. The van der Waals surface area contributed by atoms with E-state index in [1.165, 1.54) is 52.1 Å². The van der Waals surface area contributed by atoms with Crippen molar-refractivity contribution in [2.24, 2.45) is 0 Å². The fourth-order valence-electron chi connectivity index (χ4n) is 2.74. The van der Waals surface area contributed by atoms with Crippen molar-refractivity contribution < 1.29 is 13.2 Å². The summed E-state index contributed by atoms with van der Waals surface area (Å²) in [6.07, 6.45) is 3.03. The third kappa shape index (κ3) is 5.56. The number of amides is 1. The van der Waals surface area contributed by atoms with Gasteiger partial charge in [0.1, 0.15) is 0 Å². The Labute approximate surface area is 194 Å². The van der Waals surface area contributed by atoms with Crippen LogP contribution in [0.3, 0.4) is 0 Å². The van der Waals surface area contributed by atoms with Gasteiger partial charge < -0.3 is 0 Å². The lowest BCUT2D eigenvalue weighted by Gasteiger charge is -2.19. The van der Waals surface area contributed by atoms with E-state index in [9.17, 15) is 13.2 Å². The Balaban J connectivity index is 1.73. The molecule has 0 aliphatic heterocycles. The van der Waals surface area contributed by atoms with Crippen molar-refractivity contribution in [3.05, 3.63) is 89.3 Å². The number of hydrogen-bond acceptors (Lipinski definition) is 5. The van der Waals surface area contributed by atoms with Crippen molar-refractivity contribution in [3.63, 3.8) is 0 Å². The SMILES string of the molecule is C=CCN(CC=C)S(=O)(=O)c1ccc(C(=O)Nc2nc(-c3ccc(Br)cc3)cs2)cc1. The van der Waals surface area contributed by atoms with Crippen molar-refractivity contribution >= 4 is 48.3 Å². The molecule has 1 N–H and O–H groups in total. The number of nitrogens with zero attached hydrogens (tertiary/aromatic N) is 2. The Hall–Kier alpha value is -2.59. The molecule has 6 nitrogen and oxygen atoms in total. The Bertz CT molecular complexity index is 1180. The van der Waals surface area contributed by atoms with Gasteiger partial charge in [0.25, 0.3) is 5.91 Å². The lowest BCUT2D eigenvalue weighted by molar-refractivity contribution is 0.102. The second kappa shape index (κ2) is 10.1. The summed E-state index contributed by atoms with van der Waals surface area (Å²) in [5, 5.41) is 5.08. The quantitative estimate of drug-likeness (QED) is 0.396. The molecule has 1 aromatic heterocycles. The van der Waals surface area contributed by atoms with Crippen LogP contribution in [-0.4, -0.2) is 36.7 Å². The first-order valence-electron chi connectivity index (χ1n) is 9.20. The average Bonchev–Trinajstić information content (AvgIpc) is 3.22. The van der Waals surface area contributed by atoms with Crippen LogP contribution in [-0.2, 0) is 10.0 Å². The van der Waals surface area contributed by atoms with Gasteiger partial charge in [0.2, 0.25) is 10.0 Å². The molecular weight excluding hydrogens is 498 g/mol. The van der Waals surface area contributed by atoms with Gasteiger partial charge >= 0.3 is 0 Å². The Morgan fingerprint density at radius 1 is 1.06 bits per heavy atom. The molecule has 0 saturated heterocycles. The summed E-state index contributed by atoms with van der Waals surface area (Å²) in [7, 11) is -3.71. The van der Waals surface area contributed by atoms with Crippen LogP contribution < -0.4 is 5.32 Å². The standard InChI is InChI=1S/C22H20BrN3O3S2/c1-3-13-26(14-4-2)31(28,29)19-11-7-17(8-12-19)21(27)25-22-24-20(15-30-22)16-5-9-18(23)10-6-16/h3-12,15H,1-2,13-14H2,(H,24,25,27). The van der Waals surface area contributed by atoms with Gasteiger partial charge in [-0.3, -0.25) is 10.1 Å². The summed E-state index contributed by atoms with van der Waals surface area (Å²) in [6, 6.07) is 13.5. The number of carbonyl (C=O) groups is 1. The van der Waals surface area contributed by atoms with E-state index < -0.39 is 10.0 Å². The number of hydrogen-bond donors (Lipinski definition) is 1. The molecule has 31 heavy (non-hydrogen) atoms. The molecule has 0 saturated carbocycles. The third-order valence-electron chi connectivity index (χ3n) is 4.28. The first kappa shape index (κ1) is 23.1. The number of sulfonamides is 1. The molecule has 0 bridgehead atoms. The van der Waals surface area contributed by atoms with Crippen LogP contribution in [0.1, 0.15) is 10.4 Å². The Morgan fingerprint density at radius 2 is 1.68 bits per heavy atom. The Kier molecular flexibility index (Phi) is 7.55. The van der Waals surface area contributed by atoms with Crippen LogP contribution in [0.15, 0.2) is 88.6 Å². The highest BCUT2D eigenvalue weighted by atomic mass is 79.9. The van der Waals surface area contributed by atoms with Crippen molar-refractivity contribution in [2.75, 3.05) is 18.4 Å². The molecule has 0 aliphatic rings. The average molecular weight is 518 g/mol. The van der Waals surface area contributed by atoms with Gasteiger partial charge in [0, 0.05) is 34.1 Å². The zero-order chi connectivity index (χ0) is 22.4. The Morgan fingerprint density at radius 3 is 2.26 bits per heavy atom. The topological polar surface area (TPSA) is 79.4 Å². The molecular formula is C22H20BrN3O3S2. The number of aromatic nitrogens is 1. The number of carbonyl (C=O) groups excluding carboxylic acids is 1. The second-order valence-corrected chi connectivity index (χ2v) is 10.1. The molecule has 9 heteroatoms. The fourth-order valence-corrected chi connectivity index (χ4v) is 5.10. The van der Waals surface area contributed by atoms with Crippen molar-refractivity contribution in [1.82, 2.24) is 9.29 Å². The monoisotopic (exact) mass is 517 g/mol. The molecule has 0 fully saturated rings. The van der Waals surface area contributed by atoms with E-state index in [1.807, 2.05) is 29.6 Å². The van der Waals surface area contributed by atoms with E-state index >= 15 is 0 Å². The minimum absolute atomic E-state index is 0.0968. The number of rotatable bonds is 9. The van der Waals surface area contributed by atoms with Gasteiger partial charge in [-0.05, 0) is 36.4 Å². The maximum absolute atomic E-state index is 12.8. The second-order valence-electron chi connectivity index (χ2n) is 6.42. The molecule has 0 spiro atoms. The normalized spacial score (nSPS) is 11.3. The zero-order valence-electron chi connectivity index (χ0n) is 16.5. The van der Waals surface area contributed by atoms with Crippen LogP contribution in [0.4, 0.5) is 5.13 Å². The lowest BCUT2D eigenvalue weighted by Crippen LogP contribution is -2.31. The summed E-state index contributed by atoms with van der Waals surface area (Å²) in [6.45, 7) is 7.52. The minimum atomic E-state index is -3.71. The number of anilines is 1. The highest BCUT2D eigenvalue weighted by molar-refractivity contribution is 9.10. The van der Waals surface area contributed by atoms with Gasteiger partial charge in [-0.2, -0.15) is 4.31 Å². The van der Waals surface area contributed by atoms with E-state index in [1.54, 1.807) is 0 Å². The highest BCUT2D eigenvalue weighted by Gasteiger charge is 2.22. The molecule has 3 rings (SSSR count). The van der Waals surface area contributed by atoms with Gasteiger partial charge in [-0.1, -0.05) is 40.2 Å². The zero-order valence-corrected chi connectivity index (χ0v) is 19.7. The molecule has 1 amide bonds. The largest absolute Gasteiger partial charge is 0.298 e. The van der Waals surface area contributed by atoms with E-state index in [0.29, 0.717) is 10.7 Å². The van der Waals surface area contributed by atoms with Crippen LogP contribution in [0.2, 0.25) is 0 Å². The molecule has 1 heterocycles. The number of thiazole rings is 1. The van der Waals surface area contributed by atoms with E-state index in [0.717, 1.165) is 15.7 Å². The molecule has 0 unspecified atom stereocenters. The summed E-state index contributed by atoms with van der Waals surface area (Å²) in [5.74, 6) is -0.366. The van der Waals surface area contributed by atoms with Gasteiger partial charge in [0.15, 0.2) is 5.13 Å². The maximum atomic E-state index is 12.8. The van der Waals surface area contributed by atoms with Gasteiger partial charge in [0.05, 0.1) is 10.6 Å². The van der Waals surface area contributed by atoms with Gasteiger partial charge in [-0.15, -0.1) is 24.5 Å². The molecule has 2 aromatic carbocycles. The predicted octanol–water partition coefficient (Wildman–Crippen LogP) is 5.19. The molecule has 0 aliphatic carbocycles. The highest BCUT2D eigenvalue weighted by Crippen LogP contribution is 2.26. The first-order chi connectivity index (χ1) is 14.8. The smallest absolute Gasteiger partial charge is 0.257 e. The van der Waals surface area contributed by atoms with E-state index in [2.05, 4.69) is 39.4 Å². The van der Waals surface area contributed by atoms with Crippen LogP contribution >= 0.6 is 27.3 Å². The summed E-state index contributed by atoms with van der Waals surface area (Å²) >= 11 is 4.72. The molecule has 0 radical (unpaired) electrons. The van der Waals surface area contributed by atoms with Crippen LogP contribution in [0.5, 0.6) is 0 Å². The lowest BCUT2D eigenvalue weighted by atomic mass is 10.2. The number of nitrogens with one attached hydrogen (secondary N) is 1. The minimum Gasteiger partial charge on any atom is -0.298 e. The molecule has 3 aromatic rings. The molecule has 0 atom stereocenters. The summed E-state index contributed by atoms with van der Waals surface area (Å²) < 4.78 is 27.7. The van der Waals surface area contributed by atoms with Crippen molar-refractivity contribution in [2.45, 2.75) is 4.90 Å². The summed E-state index contributed by atoms with van der Waals surface area (Å²) in [5.41, 5.74) is 2.04. The molecule has 160 valence electrons. The number of benzene rings is 2. The van der Waals surface area contributed by atoms with Crippen molar-refractivity contribution in [1.29, 1.82) is 0 Å². The van der Waals surface area contributed by atoms with E-state index in [4.69, 9.17) is 0 Å². The van der Waals surface area contributed by atoms with E-state index in [-0.39, 0.29) is 23.9 Å². The third-order valence-corrected chi connectivity index (χ3v) is 7.42. The van der Waals surface area contributed by atoms with Crippen molar-refractivity contribution in [3.8, 4) is 11.3 Å².